The summed E-state index contributed by atoms with van der Waals surface area (Å²) in [4.78, 5) is 3.65. The molecule has 0 spiro atoms. The molecule has 8 rings (SSSR count). The summed E-state index contributed by atoms with van der Waals surface area (Å²) < 4.78 is 4.56. The standard InChI is InChI=1S/C38H22N4/c1-40-28-17-19-38-34(23-28)33-20-25(24-39)16-18-37(33)42(38)30-11-7-9-27(22-30)26-8-6-10-29(21-26)41-35-14-4-2-12-31(35)32-13-3-5-15-36(32)41/h2-23H. The van der Waals surface area contributed by atoms with Crippen molar-refractivity contribution in [3.05, 3.63) is 150 Å². The van der Waals surface area contributed by atoms with Gasteiger partial charge in [0.25, 0.3) is 0 Å². The third-order valence-electron chi connectivity index (χ3n) is 8.13. The normalized spacial score (nSPS) is 11.3. The average Bonchev–Trinajstić information content (AvgIpc) is 3.57. The fraction of sp³-hybridized carbons (Fsp3) is 0. The van der Waals surface area contributed by atoms with Crippen molar-refractivity contribution in [1.29, 1.82) is 5.26 Å². The largest absolute Gasteiger partial charge is 0.309 e. The zero-order valence-corrected chi connectivity index (χ0v) is 22.5. The zero-order chi connectivity index (χ0) is 28.2. The van der Waals surface area contributed by atoms with Crippen LogP contribution in [0.2, 0.25) is 0 Å². The minimum Gasteiger partial charge on any atom is -0.309 e. The van der Waals surface area contributed by atoms with Crippen molar-refractivity contribution in [2.24, 2.45) is 0 Å². The Bertz CT molecular complexity index is 2320. The SMILES string of the molecule is [C-]#[N+]c1ccc2c(c1)c1cc(C#N)ccc1n2-c1cccc(-c2cccc(-n3c4ccccc4c4ccccc43)c2)c1. The van der Waals surface area contributed by atoms with Gasteiger partial charge in [0.15, 0.2) is 5.69 Å². The van der Waals surface area contributed by atoms with Gasteiger partial charge in [0.05, 0.1) is 40.3 Å². The van der Waals surface area contributed by atoms with E-state index in [9.17, 15) is 5.26 Å². The van der Waals surface area contributed by atoms with Crippen LogP contribution in [0.25, 0.3) is 71.0 Å². The number of hydrogen-bond acceptors (Lipinski definition) is 1. The van der Waals surface area contributed by atoms with Crippen LogP contribution >= 0.6 is 0 Å². The zero-order valence-electron chi connectivity index (χ0n) is 22.5. The Hall–Kier alpha value is -6.10. The van der Waals surface area contributed by atoms with Gasteiger partial charge in [-0.15, -0.1) is 0 Å². The Balaban J connectivity index is 1.31. The molecule has 194 valence electrons. The first-order valence-electron chi connectivity index (χ1n) is 13.8. The highest BCUT2D eigenvalue weighted by atomic mass is 15.0. The molecule has 2 aromatic heterocycles. The number of para-hydroxylation sites is 2. The number of nitriles is 1. The molecule has 4 heteroatoms. The second-order valence-corrected chi connectivity index (χ2v) is 10.5. The molecule has 0 radical (unpaired) electrons. The molecule has 0 saturated heterocycles. The maximum absolute atomic E-state index is 9.56. The summed E-state index contributed by atoms with van der Waals surface area (Å²) in [6.45, 7) is 7.52. The Morgan fingerprint density at radius 3 is 1.60 bits per heavy atom. The molecule has 0 fully saturated rings. The summed E-state index contributed by atoms with van der Waals surface area (Å²) >= 11 is 0. The van der Waals surface area contributed by atoms with E-state index in [2.05, 4.69) is 117 Å². The molecular formula is C38H22N4. The van der Waals surface area contributed by atoms with E-state index in [4.69, 9.17) is 6.57 Å². The molecule has 0 aliphatic carbocycles. The van der Waals surface area contributed by atoms with Crippen LogP contribution < -0.4 is 0 Å². The van der Waals surface area contributed by atoms with Gasteiger partial charge >= 0.3 is 0 Å². The fourth-order valence-corrected chi connectivity index (χ4v) is 6.28. The summed E-state index contributed by atoms with van der Waals surface area (Å²) in [6.07, 6.45) is 0. The van der Waals surface area contributed by atoms with Gasteiger partial charge in [-0.2, -0.15) is 5.26 Å². The predicted octanol–water partition coefficient (Wildman–Crippen LogP) is 9.97. The third kappa shape index (κ3) is 3.53. The molecule has 0 N–H and O–H groups in total. The molecule has 0 amide bonds. The number of benzene rings is 6. The van der Waals surface area contributed by atoms with Gasteiger partial charge in [0, 0.05) is 27.5 Å². The third-order valence-corrected chi connectivity index (χ3v) is 8.13. The number of rotatable bonds is 3. The Morgan fingerprint density at radius 2 is 1.02 bits per heavy atom. The highest BCUT2D eigenvalue weighted by Gasteiger charge is 2.15. The van der Waals surface area contributed by atoms with Crippen molar-refractivity contribution >= 4 is 49.3 Å². The van der Waals surface area contributed by atoms with Gasteiger partial charge in [0.2, 0.25) is 0 Å². The lowest BCUT2D eigenvalue weighted by atomic mass is 10.0. The molecule has 0 unspecified atom stereocenters. The van der Waals surface area contributed by atoms with Crippen LogP contribution in [0.15, 0.2) is 133 Å². The highest BCUT2D eigenvalue weighted by Crippen LogP contribution is 2.37. The lowest BCUT2D eigenvalue weighted by Crippen LogP contribution is -1.96. The van der Waals surface area contributed by atoms with E-state index in [-0.39, 0.29) is 0 Å². The Labute approximate surface area is 242 Å². The predicted molar refractivity (Wildman–Crippen MR) is 172 cm³/mol. The van der Waals surface area contributed by atoms with E-state index in [0.717, 1.165) is 44.3 Å². The summed E-state index contributed by atoms with van der Waals surface area (Å²) in [6, 6.07) is 48.2. The number of aromatic nitrogens is 2. The van der Waals surface area contributed by atoms with Crippen molar-refractivity contribution in [3.8, 4) is 28.6 Å². The van der Waals surface area contributed by atoms with E-state index in [1.165, 1.54) is 21.8 Å². The van der Waals surface area contributed by atoms with Gasteiger partial charge in [-0.3, -0.25) is 0 Å². The second kappa shape index (κ2) is 9.24. The van der Waals surface area contributed by atoms with Crippen LogP contribution in [0.3, 0.4) is 0 Å². The molecule has 0 aliphatic heterocycles. The van der Waals surface area contributed by atoms with Crippen molar-refractivity contribution in [1.82, 2.24) is 9.13 Å². The van der Waals surface area contributed by atoms with Gasteiger partial charge in [-0.1, -0.05) is 66.7 Å². The fourth-order valence-electron chi connectivity index (χ4n) is 6.28. The van der Waals surface area contributed by atoms with Crippen LogP contribution in [-0.2, 0) is 0 Å². The molecule has 6 aromatic carbocycles. The maximum Gasteiger partial charge on any atom is 0.188 e. The smallest absolute Gasteiger partial charge is 0.188 e. The van der Waals surface area contributed by atoms with Crippen LogP contribution in [0.4, 0.5) is 5.69 Å². The monoisotopic (exact) mass is 534 g/mol. The molecule has 0 bridgehead atoms. The van der Waals surface area contributed by atoms with E-state index in [1.807, 2.05) is 36.4 Å². The van der Waals surface area contributed by atoms with E-state index in [0.29, 0.717) is 11.3 Å². The van der Waals surface area contributed by atoms with Crippen molar-refractivity contribution in [3.63, 3.8) is 0 Å². The van der Waals surface area contributed by atoms with Gasteiger partial charge in [-0.25, -0.2) is 4.85 Å². The molecular weight excluding hydrogens is 512 g/mol. The topological polar surface area (TPSA) is 38.0 Å². The molecule has 0 atom stereocenters. The molecule has 8 aromatic rings. The first-order chi connectivity index (χ1) is 20.7. The number of fused-ring (bicyclic) bond motifs is 6. The molecule has 42 heavy (non-hydrogen) atoms. The Morgan fingerprint density at radius 1 is 0.500 bits per heavy atom. The summed E-state index contributed by atoms with van der Waals surface area (Å²) in [5.74, 6) is 0. The summed E-state index contributed by atoms with van der Waals surface area (Å²) in [5.41, 5.74) is 9.93. The minimum absolute atomic E-state index is 0.583. The van der Waals surface area contributed by atoms with Crippen LogP contribution in [-0.4, -0.2) is 9.13 Å². The maximum atomic E-state index is 9.56. The summed E-state index contributed by atoms with van der Waals surface area (Å²) in [7, 11) is 0. The number of nitrogens with zero attached hydrogens (tertiary/aromatic N) is 4. The highest BCUT2D eigenvalue weighted by molar-refractivity contribution is 6.11. The summed E-state index contributed by atoms with van der Waals surface area (Å²) in [5, 5.41) is 14.0. The molecule has 0 aliphatic rings. The lowest BCUT2D eigenvalue weighted by Gasteiger charge is -2.12. The van der Waals surface area contributed by atoms with Crippen LogP contribution in [0, 0.1) is 17.9 Å². The van der Waals surface area contributed by atoms with E-state index >= 15 is 0 Å². The van der Waals surface area contributed by atoms with Gasteiger partial charge in [0.1, 0.15) is 0 Å². The van der Waals surface area contributed by atoms with Gasteiger partial charge in [-0.05, 0) is 83.2 Å². The Kier molecular flexibility index (Phi) is 5.22. The molecule has 0 saturated carbocycles. The van der Waals surface area contributed by atoms with Crippen molar-refractivity contribution in [2.75, 3.05) is 0 Å². The van der Waals surface area contributed by atoms with Crippen molar-refractivity contribution < 1.29 is 0 Å². The molecule has 2 heterocycles. The quantitative estimate of drug-likeness (QED) is 0.208. The lowest BCUT2D eigenvalue weighted by molar-refractivity contribution is 1.17. The first-order valence-corrected chi connectivity index (χ1v) is 13.8. The van der Waals surface area contributed by atoms with Crippen LogP contribution in [0.5, 0.6) is 0 Å². The minimum atomic E-state index is 0.583. The van der Waals surface area contributed by atoms with E-state index in [1.54, 1.807) is 0 Å². The van der Waals surface area contributed by atoms with E-state index < -0.39 is 0 Å². The number of hydrogen-bond donors (Lipinski definition) is 0. The van der Waals surface area contributed by atoms with Crippen molar-refractivity contribution in [2.45, 2.75) is 0 Å². The van der Waals surface area contributed by atoms with Crippen LogP contribution in [0.1, 0.15) is 5.56 Å². The average molecular weight is 535 g/mol. The molecule has 4 nitrogen and oxygen atoms in total. The second-order valence-electron chi connectivity index (χ2n) is 10.5. The van der Waals surface area contributed by atoms with Gasteiger partial charge < -0.3 is 9.13 Å². The first kappa shape index (κ1) is 23.8.